The van der Waals surface area contributed by atoms with E-state index in [2.05, 4.69) is 56.3 Å². The van der Waals surface area contributed by atoms with Crippen LogP contribution in [-0.4, -0.2) is 5.11 Å². The van der Waals surface area contributed by atoms with Gasteiger partial charge in [0.15, 0.2) is 0 Å². The van der Waals surface area contributed by atoms with Gasteiger partial charge in [-0.2, -0.15) is 0 Å². The Morgan fingerprint density at radius 2 is 1.42 bits per heavy atom. The van der Waals surface area contributed by atoms with Crippen LogP contribution in [0, 0.1) is 6.92 Å². The smallest absolute Gasteiger partial charge is 0.0790 e. The first-order chi connectivity index (χ1) is 11.7. The Labute approximate surface area is 147 Å². The van der Waals surface area contributed by atoms with Crippen molar-refractivity contribution in [3.63, 3.8) is 0 Å². The molecular formula is C23H32O. The molecule has 0 aliphatic carbocycles. The summed E-state index contributed by atoms with van der Waals surface area (Å²) < 4.78 is 0. The lowest BCUT2D eigenvalue weighted by molar-refractivity contribution is 0.163. The number of aliphatic hydroxyl groups is 1. The Bertz CT molecular complexity index is 602. The van der Waals surface area contributed by atoms with Gasteiger partial charge < -0.3 is 5.11 Å². The summed E-state index contributed by atoms with van der Waals surface area (Å²) in [5.74, 6) is 0. The van der Waals surface area contributed by atoms with Crippen LogP contribution in [0.5, 0.6) is 0 Å². The molecular weight excluding hydrogens is 292 g/mol. The molecule has 0 aliphatic heterocycles. The Balaban J connectivity index is 1.84. The molecule has 1 atom stereocenters. The molecule has 130 valence electrons. The molecule has 2 aromatic carbocycles. The van der Waals surface area contributed by atoms with E-state index in [-0.39, 0.29) is 6.10 Å². The van der Waals surface area contributed by atoms with Gasteiger partial charge in [0.05, 0.1) is 6.10 Å². The highest BCUT2D eigenvalue weighted by molar-refractivity contribution is 5.65. The van der Waals surface area contributed by atoms with Crippen molar-refractivity contribution in [2.24, 2.45) is 0 Å². The number of aliphatic hydroxyl groups excluding tert-OH is 1. The molecule has 0 bridgehead atoms. The highest BCUT2D eigenvalue weighted by Crippen LogP contribution is 2.26. The van der Waals surface area contributed by atoms with E-state index >= 15 is 0 Å². The molecule has 0 aromatic heterocycles. The number of hydrogen-bond donors (Lipinski definition) is 1. The molecule has 0 radical (unpaired) electrons. The molecule has 0 amide bonds. The first kappa shape index (κ1) is 18.7. The summed E-state index contributed by atoms with van der Waals surface area (Å²) in [5.41, 5.74) is 4.72. The predicted octanol–water partition coefficient (Wildman–Crippen LogP) is 6.84. The summed E-state index contributed by atoms with van der Waals surface area (Å²) in [6.45, 7) is 4.37. The van der Waals surface area contributed by atoms with Crippen molar-refractivity contribution < 1.29 is 5.11 Å². The van der Waals surface area contributed by atoms with Gasteiger partial charge in [-0.05, 0) is 36.1 Å². The molecule has 0 saturated carbocycles. The highest BCUT2D eigenvalue weighted by atomic mass is 16.3. The monoisotopic (exact) mass is 324 g/mol. The maximum absolute atomic E-state index is 10.5. The summed E-state index contributed by atoms with van der Waals surface area (Å²) in [7, 11) is 0. The first-order valence-corrected chi connectivity index (χ1v) is 9.55. The molecule has 2 aromatic rings. The lowest BCUT2D eigenvalue weighted by atomic mass is 9.97. The van der Waals surface area contributed by atoms with Crippen LogP contribution in [0.2, 0.25) is 0 Å². The normalized spacial score (nSPS) is 12.3. The maximum Gasteiger partial charge on any atom is 0.0790 e. The summed E-state index contributed by atoms with van der Waals surface area (Å²) in [5, 5.41) is 10.5. The molecule has 1 unspecified atom stereocenters. The molecule has 0 aliphatic rings. The summed E-state index contributed by atoms with van der Waals surface area (Å²) in [6, 6.07) is 16.9. The van der Waals surface area contributed by atoms with Gasteiger partial charge in [-0.25, -0.2) is 0 Å². The van der Waals surface area contributed by atoms with Crippen LogP contribution in [0.15, 0.2) is 48.5 Å². The zero-order chi connectivity index (χ0) is 17.2. The number of unbranched alkanes of at least 4 members (excludes halogenated alkanes) is 6. The van der Waals surface area contributed by atoms with Crippen molar-refractivity contribution in [1.29, 1.82) is 0 Å². The van der Waals surface area contributed by atoms with Crippen LogP contribution in [0.25, 0.3) is 11.1 Å². The number of aryl methyl sites for hydroxylation is 1. The molecule has 24 heavy (non-hydrogen) atoms. The van der Waals surface area contributed by atoms with Crippen LogP contribution in [0.4, 0.5) is 0 Å². The van der Waals surface area contributed by atoms with Gasteiger partial charge in [-0.1, -0.05) is 99.9 Å². The SMILES string of the molecule is CCCCCCCCCC(O)c1cccc(-c2cccc(C)c2)c1. The molecule has 0 fully saturated rings. The van der Waals surface area contributed by atoms with Gasteiger partial charge in [0.2, 0.25) is 0 Å². The van der Waals surface area contributed by atoms with Crippen molar-refractivity contribution >= 4 is 0 Å². The second-order valence-corrected chi connectivity index (χ2v) is 6.92. The van der Waals surface area contributed by atoms with E-state index in [0.717, 1.165) is 18.4 Å². The van der Waals surface area contributed by atoms with E-state index in [0.29, 0.717) is 0 Å². The molecule has 0 heterocycles. The van der Waals surface area contributed by atoms with Crippen LogP contribution in [0.3, 0.4) is 0 Å². The number of hydrogen-bond acceptors (Lipinski definition) is 1. The van der Waals surface area contributed by atoms with E-state index in [9.17, 15) is 5.11 Å². The van der Waals surface area contributed by atoms with Crippen LogP contribution < -0.4 is 0 Å². The minimum atomic E-state index is -0.342. The number of benzene rings is 2. The molecule has 2 rings (SSSR count). The summed E-state index contributed by atoms with van der Waals surface area (Å²) >= 11 is 0. The minimum absolute atomic E-state index is 0.342. The second-order valence-electron chi connectivity index (χ2n) is 6.92. The minimum Gasteiger partial charge on any atom is -0.388 e. The number of rotatable bonds is 10. The summed E-state index contributed by atoms with van der Waals surface area (Å²) in [6.07, 6.45) is 9.53. The standard InChI is InChI=1S/C23H32O/c1-3-4-5-6-7-8-9-16-23(24)22-15-11-14-21(18-22)20-13-10-12-19(2)17-20/h10-15,17-18,23-24H,3-9,16H2,1-2H3. The molecule has 0 saturated heterocycles. The van der Waals surface area contributed by atoms with Gasteiger partial charge in [0.1, 0.15) is 0 Å². The second kappa shape index (κ2) is 10.3. The van der Waals surface area contributed by atoms with Gasteiger partial charge in [-0.15, -0.1) is 0 Å². The zero-order valence-electron chi connectivity index (χ0n) is 15.3. The lowest BCUT2D eigenvalue weighted by Gasteiger charge is -2.13. The van der Waals surface area contributed by atoms with Crippen molar-refractivity contribution in [3.05, 3.63) is 59.7 Å². The van der Waals surface area contributed by atoms with Gasteiger partial charge in [0, 0.05) is 0 Å². The molecule has 1 heteroatoms. The van der Waals surface area contributed by atoms with Gasteiger partial charge >= 0.3 is 0 Å². The van der Waals surface area contributed by atoms with Gasteiger partial charge in [0.25, 0.3) is 0 Å². The topological polar surface area (TPSA) is 20.2 Å². The fraction of sp³-hybridized carbons (Fsp3) is 0.478. The lowest BCUT2D eigenvalue weighted by Crippen LogP contribution is -1.98. The van der Waals surface area contributed by atoms with Crippen LogP contribution in [-0.2, 0) is 0 Å². The van der Waals surface area contributed by atoms with Crippen molar-refractivity contribution in [2.75, 3.05) is 0 Å². The van der Waals surface area contributed by atoms with Crippen molar-refractivity contribution in [3.8, 4) is 11.1 Å². The average molecular weight is 325 g/mol. The Morgan fingerprint density at radius 1 is 0.792 bits per heavy atom. The largest absolute Gasteiger partial charge is 0.388 e. The van der Waals surface area contributed by atoms with E-state index in [1.807, 2.05) is 6.07 Å². The third kappa shape index (κ3) is 6.13. The first-order valence-electron chi connectivity index (χ1n) is 9.55. The maximum atomic E-state index is 10.5. The van der Waals surface area contributed by atoms with E-state index in [1.165, 1.54) is 55.2 Å². The van der Waals surface area contributed by atoms with Crippen LogP contribution in [0.1, 0.15) is 75.5 Å². The Kier molecular flexibility index (Phi) is 8.04. The highest BCUT2D eigenvalue weighted by Gasteiger charge is 2.08. The van der Waals surface area contributed by atoms with Crippen molar-refractivity contribution in [1.82, 2.24) is 0 Å². The molecule has 1 nitrogen and oxygen atoms in total. The fourth-order valence-electron chi connectivity index (χ4n) is 3.21. The fourth-order valence-corrected chi connectivity index (χ4v) is 3.21. The molecule has 0 spiro atoms. The Morgan fingerprint density at radius 3 is 2.12 bits per heavy atom. The average Bonchev–Trinajstić information content (AvgIpc) is 2.61. The Hall–Kier alpha value is -1.60. The third-order valence-electron chi connectivity index (χ3n) is 4.70. The van der Waals surface area contributed by atoms with Crippen LogP contribution >= 0.6 is 0 Å². The predicted molar refractivity (Wildman–Crippen MR) is 104 cm³/mol. The van der Waals surface area contributed by atoms with Gasteiger partial charge in [-0.3, -0.25) is 0 Å². The summed E-state index contributed by atoms with van der Waals surface area (Å²) in [4.78, 5) is 0. The van der Waals surface area contributed by atoms with Crippen molar-refractivity contribution in [2.45, 2.75) is 71.3 Å². The zero-order valence-corrected chi connectivity index (χ0v) is 15.3. The third-order valence-corrected chi connectivity index (χ3v) is 4.70. The van der Waals surface area contributed by atoms with E-state index < -0.39 is 0 Å². The van der Waals surface area contributed by atoms with E-state index in [4.69, 9.17) is 0 Å². The quantitative estimate of drug-likeness (QED) is 0.474. The van der Waals surface area contributed by atoms with E-state index in [1.54, 1.807) is 0 Å². The molecule has 1 N–H and O–H groups in total.